The van der Waals surface area contributed by atoms with Crippen LogP contribution in [0.2, 0.25) is 5.04 Å². The molecule has 1 aliphatic rings. The molecule has 56 heavy (non-hydrogen) atoms. The second kappa shape index (κ2) is 39.7. The largest absolute Gasteiger partial charge is 0 e. The molecule has 1 saturated heterocycles. The van der Waals surface area contributed by atoms with E-state index in [0.29, 0.717) is 26.2 Å². The van der Waals surface area contributed by atoms with E-state index in [2.05, 4.69) is 152 Å². The summed E-state index contributed by atoms with van der Waals surface area (Å²) in [7, 11) is -2.59. The van der Waals surface area contributed by atoms with Gasteiger partial charge in [0.05, 0.1) is 18.8 Å². The molecule has 1 heterocycles. The number of aliphatic hydroxyl groups is 1. The Kier molecular flexibility index (Phi) is 43.7. The summed E-state index contributed by atoms with van der Waals surface area (Å²) in [6.45, 7) is 39.8. The Balaban J connectivity index is -0.000000565. The SMILES string of the molecule is C=C(C#CC(CCCO[Si](c1ccccc1)(c1ccccc1)C(C)(C)C)OCc1ccccc1)C[C@H]1OCCC[C@@H]1O.[C-]#[O+].[C-]#[O+].[C-]#[O+].[C-]#[O+].[C-]#[O+].[C-]#[O+].[Co].[Co]. The van der Waals surface area contributed by atoms with Gasteiger partial charge in [0.15, 0.2) is 0 Å². The quantitative estimate of drug-likeness (QED) is 0.0755. The maximum atomic E-state index is 10.3. The Labute approximate surface area is 354 Å². The molecule has 1 fully saturated rings. The first-order chi connectivity index (χ1) is 26.3. The van der Waals surface area contributed by atoms with Gasteiger partial charge in [-0.2, -0.15) is 0 Å². The smallest absolute Gasteiger partial charge is 0 e. The molecule has 13 heteroatoms. The normalized spacial score (nSPS) is 13.8. The fourth-order valence-corrected chi connectivity index (χ4v) is 10.3. The van der Waals surface area contributed by atoms with E-state index in [4.69, 9.17) is 41.8 Å². The molecule has 0 aliphatic carbocycles. The average Bonchev–Trinajstić information content (AvgIpc) is 3.24. The van der Waals surface area contributed by atoms with Crippen molar-refractivity contribution < 1.29 is 80.5 Å². The first-order valence-electron chi connectivity index (χ1n) is 16.4. The Bertz CT molecular complexity index is 1510. The topological polar surface area (TPSA) is 167 Å². The van der Waals surface area contributed by atoms with Crippen LogP contribution in [0.5, 0.6) is 0 Å². The van der Waals surface area contributed by atoms with Crippen LogP contribution in [0.1, 0.15) is 58.4 Å². The molecule has 0 amide bonds. The van der Waals surface area contributed by atoms with Crippen molar-refractivity contribution in [2.75, 3.05) is 13.2 Å². The first-order valence-corrected chi connectivity index (χ1v) is 18.3. The molecule has 1 unspecified atom stereocenters. The fraction of sp³-hybridized carbons (Fsp3) is 0.349. The summed E-state index contributed by atoms with van der Waals surface area (Å²) >= 11 is 0. The average molecular weight is 869 g/mol. The Hall–Kier alpha value is -3.53. The van der Waals surface area contributed by atoms with Crippen LogP contribution >= 0.6 is 0 Å². The molecular weight excluding hydrogens is 822 g/mol. The predicted octanol–water partition coefficient (Wildman–Crippen LogP) is 6.19. The summed E-state index contributed by atoms with van der Waals surface area (Å²) in [5.41, 5.74) is 1.88. The molecule has 300 valence electrons. The van der Waals surface area contributed by atoms with Gasteiger partial charge in [-0.3, -0.25) is 0 Å². The van der Waals surface area contributed by atoms with Gasteiger partial charge in [0.1, 0.15) is 6.10 Å². The second-order valence-electron chi connectivity index (χ2n) is 12.1. The zero-order chi connectivity index (χ0) is 41.8. The van der Waals surface area contributed by atoms with E-state index >= 15 is 0 Å². The molecule has 1 aliphatic heterocycles. The monoisotopic (exact) mass is 868 g/mol. The van der Waals surface area contributed by atoms with E-state index < -0.39 is 14.4 Å². The van der Waals surface area contributed by atoms with E-state index in [1.54, 1.807) is 0 Å². The molecule has 3 aromatic carbocycles. The van der Waals surface area contributed by atoms with Gasteiger partial charge in [0.25, 0.3) is 8.32 Å². The molecule has 3 atom stereocenters. The molecule has 10 nitrogen and oxygen atoms in total. The zero-order valence-corrected chi connectivity index (χ0v) is 34.6. The molecule has 0 saturated carbocycles. The molecule has 0 aromatic heterocycles. The molecule has 0 spiro atoms. The third-order valence-electron chi connectivity index (χ3n) is 7.90. The molecule has 0 bridgehead atoms. The van der Waals surface area contributed by atoms with Gasteiger partial charge in [-0.05, 0) is 52.2 Å². The summed E-state index contributed by atoms with van der Waals surface area (Å²) < 4.78 is 64.2. The van der Waals surface area contributed by atoms with Gasteiger partial charge in [-0.1, -0.05) is 130 Å². The third kappa shape index (κ3) is 22.3. The molecule has 2 radical (unpaired) electrons. The number of rotatable bonds is 12. The van der Waals surface area contributed by atoms with Crippen LogP contribution in [0.3, 0.4) is 0 Å². The van der Waals surface area contributed by atoms with E-state index in [9.17, 15) is 5.11 Å². The number of hydrogen-bond acceptors (Lipinski definition) is 4. The van der Waals surface area contributed by atoms with Crippen molar-refractivity contribution in [2.24, 2.45) is 0 Å². The molecule has 3 aromatic rings. The predicted molar refractivity (Wildman–Crippen MR) is 198 cm³/mol. The van der Waals surface area contributed by atoms with Gasteiger partial charge in [0.2, 0.25) is 0 Å². The van der Waals surface area contributed by atoms with Crippen molar-refractivity contribution >= 4 is 18.7 Å². The van der Waals surface area contributed by atoms with Crippen LogP contribution in [0, 0.1) is 51.7 Å². The maximum Gasteiger partial charge on any atom is 0 e. The molecule has 1 N–H and O–H groups in total. The van der Waals surface area contributed by atoms with Crippen LogP contribution in [0.15, 0.2) is 103 Å². The van der Waals surface area contributed by atoms with E-state index in [1.807, 2.05) is 18.2 Å². The zero-order valence-electron chi connectivity index (χ0n) is 31.5. The van der Waals surface area contributed by atoms with Gasteiger partial charge >= 0.3 is 67.8 Å². The minimum Gasteiger partial charge on any atom is 0 e. The van der Waals surface area contributed by atoms with E-state index in [-0.39, 0.29) is 50.8 Å². The van der Waals surface area contributed by atoms with E-state index in [1.165, 1.54) is 10.4 Å². The first kappa shape index (κ1) is 61.7. The summed E-state index contributed by atoms with van der Waals surface area (Å²) in [5.74, 6) is 6.56. The number of aliphatic hydroxyl groups excluding tert-OH is 1. The summed E-state index contributed by atoms with van der Waals surface area (Å²) in [6.07, 6.45) is 2.80. The summed E-state index contributed by atoms with van der Waals surface area (Å²) in [6, 6.07) is 31.7. The Morgan fingerprint density at radius 1 is 0.804 bits per heavy atom. The van der Waals surface area contributed by atoms with Crippen LogP contribution in [0.25, 0.3) is 0 Å². The summed E-state index contributed by atoms with van der Waals surface area (Å²) in [5, 5.41) is 12.8. The van der Waals surface area contributed by atoms with Crippen molar-refractivity contribution in [3.63, 3.8) is 0 Å². The molecular formula is C43H46Co2O10Si. The minimum atomic E-state index is -2.59. The summed E-state index contributed by atoms with van der Waals surface area (Å²) in [4.78, 5) is 0. The minimum absolute atomic E-state index is 0. The van der Waals surface area contributed by atoms with Crippen molar-refractivity contribution in [2.45, 2.75) is 82.8 Å². The maximum absolute atomic E-state index is 10.3. The number of ether oxygens (including phenoxy) is 2. The van der Waals surface area contributed by atoms with Crippen molar-refractivity contribution in [3.8, 4) is 11.8 Å². The van der Waals surface area contributed by atoms with Crippen molar-refractivity contribution in [3.05, 3.63) is 149 Å². The number of hydrogen-bond donors (Lipinski definition) is 1. The van der Waals surface area contributed by atoms with Gasteiger partial charge in [-0.25, -0.2) is 0 Å². The van der Waals surface area contributed by atoms with Crippen LogP contribution < -0.4 is 10.4 Å². The van der Waals surface area contributed by atoms with Crippen LogP contribution in [0.4, 0.5) is 0 Å². The van der Waals surface area contributed by atoms with Crippen LogP contribution in [-0.2, 0) is 82.0 Å². The molecule has 4 rings (SSSR count). The Morgan fingerprint density at radius 3 is 1.68 bits per heavy atom. The standard InChI is InChI=1S/C37H46O4Si.6CO.2Co/c1-30(28-36-35(38)23-15-26-39-36)24-25-32(40-29-31-16-8-5-9-17-31)18-14-27-41-42(37(2,3)4,33-19-10-6-11-20-33)34-21-12-7-13-22-34;6*1-2;;/h5-13,16-17,19-22,32,35-36,38H,1,14-15,18,23,26-29H2,2-4H3;;;;;;;;/t32?,35-,36+;;;;;;;;/m0......../s1. The Morgan fingerprint density at radius 2 is 1.25 bits per heavy atom. The third-order valence-corrected chi connectivity index (χ3v) is 12.9. The van der Waals surface area contributed by atoms with Gasteiger partial charge < -0.3 is 19.0 Å². The van der Waals surface area contributed by atoms with Gasteiger partial charge in [-0.15, -0.1) is 0 Å². The number of benzene rings is 3. The van der Waals surface area contributed by atoms with Crippen molar-refractivity contribution in [1.82, 2.24) is 0 Å². The van der Waals surface area contributed by atoms with Crippen LogP contribution in [-0.4, -0.2) is 44.9 Å². The fourth-order valence-electron chi connectivity index (χ4n) is 5.72. The van der Waals surface area contributed by atoms with E-state index in [0.717, 1.165) is 36.8 Å². The van der Waals surface area contributed by atoms with Gasteiger partial charge in [0, 0.05) is 53.2 Å². The second-order valence-corrected chi connectivity index (χ2v) is 16.4. The van der Waals surface area contributed by atoms with Crippen molar-refractivity contribution in [1.29, 1.82) is 0 Å².